The molecule has 0 aliphatic rings. The number of hydrogen-bond donors (Lipinski definition) is 1. The van der Waals surface area contributed by atoms with E-state index in [2.05, 4.69) is 34.1 Å². The Morgan fingerprint density at radius 3 is 2.73 bits per heavy atom. The van der Waals surface area contributed by atoms with Crippen molar-refractivity contribution in [1.29, 1.82) is 0 Å². The summed E-state index contributed by atoms with van der Waals surface area (Å²) in [6, 6.07) is 0. The second-order valence-corrected chi connectivity index (χ2v) is 5.44. The Bertz CT molecular complexity index is 531. The van der Waals surface area contributed by atoms with Crippen molar-refractivity contribution in [3.05, 3.63) is 11.8 Å². The number of aryl methyl sites for hydroxylation is 1. The number of unbranched alkanes of at least 4 members (excludes halogenated alkanes) is 2. The van der Waals surface area contributed by atoms with Crippen LogP contribution in [0.1, 0.15) is 58.6 Å². The number of nitrogens with zero attached hydrogens (tertiary/aromatic N) is 3. The molecular weight excluding hydrogens is 283 g/mol. The number of amides is 1. The van der Waals surface area contributed by atoms with Crippen LogP contribution < -0.4 is 5.32 Å². The van der Waals surface area contributed by atoms with Gasteiger partial charge in [0.15, 0.2) is 5.82 Å². The Morgan fingerprint density at radius 2 is 2.09 bits per heavy atom. The number of rotatable bonds is 8. The third kappa shape index (κ3) is 5.87. The Balaban J connectivity index is 2.92. The number of aliphatic imine (C=N–C) groups is 1. The van der Waals surface area contributed by atoms with E-state index in [1.54, 1.807) is 13.1 Å². The number of nitrogens with one attached hydrogen (secondary N) is 1. The van der Waals surface area contributed by atoms with Crippen LogP contribution >= 0.6 is 0 Å². The SMILES string of the molecule is CCCCCC(=O)Nc1nc(F)nc(C)c1N=CC(C)CC. The standard InChI is InChI=1S/C16H25FN4O/c1-5-7-8-9-13(22)20-15-14(18-10-11(3)6-2)12(4)19-16(17)21-15/h10-11H,5-9H2,1-4H3,(H,19,20,21,22). The number of halogens is 1. The number of carbonyl (C=O) groups excluding carboxylic acids is 1. The maximum atomic E-state index is 13.4. The van der Waals surface area contributed by atoms with Crippen LogP contribution in [0.5, 0.6) is 0 Å². The average molecular weight is 308 g/mol. The molecule has 1 heterocycles. The van der Waals surface area contributed by atoms with Gasteiger partial charge in [-0.3, -0.25) is 9.79 Å². The van der Waals surface area contributed by atoms with E-state index in [0.29, 0.717) is 17.8 Å². The fourth-order valence-electron chi connectivity index (χ4n) is 1.81. The molecule has 1 rings (SSSR count). The zero-order chi connectivity index (χ0) is 16.5. The van der Waals surface area contributed by atoms with Gasteiger partial charge < -0.3 is 5.32 Å². The highest BCUT2D eigenvalue weighted by Gasteiger charge is 2.13. The summed E-state index contributed by atoms with van der Waals surface area (Å²) in [6.07, 6.45) is 5.10. The lowest BCUT2D eigenvalue weighted by Gasteiger charge is -2.09. The predicted molar refractivity (Wildman–Crippen MR) is 87.1 cm³/mol. The van der Waals surface area contributed by atoms with Gasteiger partial charge in [-0.05, 0) is 25.7 Å². The van der Waals surface area contributed by atoms with E-state index in [4.69, 9.17) is 0 Å². The highest BCUT2D eigenvalue weighted by molar-refractivity contribution is 5.93. The van der Waals surface area contributed by atoms with Crippen LogP contribution in [0.4, 0.5) is 15.9 Å². The molecule has 1 aromatic heterocycles. The number of hydrogen-bond acceptors (Lipinski definition) is 4. The monoisotopic (exact) mass is 308 g/mol. The van der Waals surface area contributed by atoms with Crippen molar-refractivity contribution in [1.82, 2.24) is 9.97 Å². The van der Waals surface area contributed by atoms with E-state index in [1.807, 2.05) is 6.92 Å². The Labute approximate surface area is 131 Å². The van der Waals surface area contributed by atoms with Crippen molar-refractivity contribution in [2.45, 2.75) is 59.8 Å². The van der Waals surface area contributed by atoms with Crippen molar-refractivity contribution in [2.24, 2.45) is 10.9 Å². The van der Waals surface area contributed by atoms with Crippen molar-refractivity contribution >= 4 is 23.6 Å². The summed E-state index contributed by atoms with van der Waals surface area (Å²) in [6.45, 7) is 7.82. The molecule has 6 heteroatoms. The van der Waals surface area contributed by atoms with Crippen LogP contribution in [-0.2, 0) is 4.79 Å². The molecule has 0 radical (unpaired) electrons. The summed E-state index contributed by atoms with van der Waals surface area (Å²) >= 11 is 0. The highest BCUT2D eigenvalue weighted by atomic mass is 19.1. The second-order valence-electron chi connectivity index (χ2n) is 5.44. The lowest BCUT2D eigenvalue weighted by atomic mass is 10.1. The Kier molecular flexibility index (Phi) is 7.63. The summed E-state index contributed by atoms with van der Waals surface area (Å²) in [7, 11) is 0. The maximum absolute atomic E-state index is 13.4. The van der Waals surface area contributed by atoms with E-state index < -0.39 is 6.08 Å². The molecule has 0 aliphatic heterocycles. The van der Waals surface area contributed by atoms with Crippen LogP contribution in [0.15, 0.2) is 4.99 Å². The average Bonchev–Trinajstić information content (AvgIpc) is 2.46. The van der Waals surface area contributed by atoms with Gasteiger partial charge in [0.05, 0.1) is 5.69 Å². The molecule has 1 N–H and O–H groups in total. The Morgan fingerprint density at radius 1 is 1.36 bits per heavy atom. The molecule has 122 valence electrons. The molecular formula is C16H25FN4O. The zero-order valence-corrected chi connectivity index (χ0v) is 13.8. The normalized spacial score (nSPS) is 12.6. The van der Waals surface area contributed by atoms with Gasteiger partial charge in [0.2, 0.25) is 5.91 Å². The first kappa shape index (κ1) is 18.2. The molecule has 0 aromatic carbocycles. The topological polar surface area (TPSA) is 67.2 Å². The molecule has 0 fully saturated rings. The summed E-state index contributed by atoms with van der Waals surface area (Å²) < 4.78 is 13.4. The zero-order valence-electron chi connectivity index (χ0n) is 13.8. The predicted octanol–water partition coefficient (Wildman–Crippen LogP) is 4.19. The van der Waals surface area contributed by atoms with Crippen LogP contribution in [0.25, 0.3) is 0 Å². The van der Waals surface area contributed by atoms with Gasteiger partial charge >= 0.3 is 6.08 Å². The highest BCUT2D eigenvalue weighted by Crippen LogP contribution is 2.26. The minimum atomic E-state index is -0.858. The van der Waals surface area contributed by atoms with Gasteiger partial charge in [0, 0.05) is 12.6 Å². The van der Waals surface area contributed by atoms with E-state index in [-0.39, 0.29) is 17.6 Å². The fraction of sp³-hybridized carbons (Fsp3) is 0.625. The number of carbonyl (C=O) groups is 1. The van der Waals surface area contributed by atoms with Gasteiger partial charge in [-0.25, -0.2) is 4.98 Å². The third-order valence-electron chi connectivity index (χ3n) is 3.40. The molecule has 1 aromatic rings. The van der Waals surface area contributed by atoms with E-state index in [9.17, 15) is 9.18 Å². The summed E-state index contributed by atoms with van der Waals surface area (Å²) in [4.78, 5) is 23.6. The van der Waals surface area contributed by atoms with Gasteiger partial charge in [-0.15, -0.1) is 0 Å². The van der Waals surface area contributed by atoms with Crippen molar-refractivity contribution in [2.75, 3.05) is 5.32 Å². The van der Waals surface area contributed by atoms with E-state index >= 15 is 0 Å². The number of anilines is 1. The summed E-state index contributed by atoms with van der Waals surface area (Å²) in [5.74, 6) is 0.259. The van der Waals surface area contributed by atoms with Gasteiger partial charge in [-0.1, -0.05) is 33.6 Å². The van der Waals surface area contributed by atoms with Crippen LogP contribution in [0.2, 0.25) is 0 Å². The molecule has 0 saturated heterocycles. The van der Waals surface area contributed by atoms with Gasteiger partial charge in [0.25, 0.3) is 0 Å². The molecule has 1 atom stereocenters. The van der Waals surface area contributed by atoms with E-state index in [1.165, 1.54) is 0 Å². The Hall–Kier alpha value is -1.85. The van der Waals surface area contributed by atoms with Crippen LogP contribution in [-0.4, -0.2) is 22.1 Å². The van der Waals surface area contributed by atoms with Crippen molar-refractivity contribution in [3.8, 4) is 0 Å². The summed E-state index contributed by atoms with van der Waals surface area (Å²) in [5.41, 5.74) is 0.835. The van der Waals surface area contributed by atoms with Crippen molar-refractivity contribution in [3.63, 3.8) is 0 Å². The number of aromatic nitrogens is 2. The van der Waals surface area contributed by atoms with Crippen molar-refractivity contribution < 1.29 is 9.18 Å². The smallest absolute Gasteiger partial charge is 0.309 e. The summed E-state index contributed by atoms with van der Waals surface area (Å²) in [5, 5.41) is 2.65. The molecule has 0 bridgehead atoms. The maximum Gasteiger partial charge on any atom is 0.310 e. The van der Waals surface area contributed by atoms with Crippen LogP contribution in [0.3, 0.4) is 0 Å². The molecule has 1 amide bonds. The first-order valence-electron chi connectivity index (χ1n) is 7.86. The molecule has 22 heavy (non-hydrogen) atoms. The first-order valence-corrected chi connectivity index (χ1v) is 7.86. The largest absolute Gasteiger partial charge is 0.310 e. The van der Waals surface area contributed by atoms with Gasteiger partial charge in [-0.2, -0.15) is 9.37 Å². The minimum absolute atomic E-state index is 0.144. The molecule has 5 nitrogen and oxygen atoms in total. The van der Waals surface area contributed by atoms with Crippen LogP contribution in [0, 0.1) is 18.9 Å². The molecule has 0 spiro atoms. The molecule has 1 unspecified atom stereocenters. The molecule has 0 aliphatic carbocycles. The van der Waals surface area contributed by atoms with E-state index in [0.717, 1.165) is 25.7 Å². The third-order valence-corrected chi connectivity index (χ3v) is 3.40. The first-order chi connectivity index (χ1) is 10.5. The molecule has 0 saturated carbocycles. The quantitative estimate of drug-likeness (QED) is 0.445. The lowest BCUT2D eigenvalue weighted by molar-refractivity contribution is -0.116. The fourth-order valence-corrected chi connectivity index (χ4v) is 1.81. The van der Waals surface area contributed by atoms with Gasteiger partial charge in [0.1, 0.15) is 5.69 Å². The minimum Gasteiger partial charge on any atom is -0.309 e. The lowest BCUT2D eigenvalue weighted by Crippen LogP contribution is -2.14. The second kappa shape index (κ2) is 9.23.